The molecular weight excluding hydrogens is 282 g/mol. The van der Waals surface area contributed by atoms with Crippen LogP contribution in [-0.4, -0.2) is 25.7 Å². The van der Waals surface area contributed by atoms with Gasteiger partial charge in [-0.15, -0.1) is 11.3 Å². The molecule has 1 aromatic carbocycles. The van der Waals surface area contributed by atoms with Crippen LogP contribution in [0, 0.1) is 0 Å². The monoisotopic (exact) mass is 301 g/mol. The number of hydrogen-bond acceptors (Lipinski definition) is 3. The first kappa shape index (κ1) is 14.3. The van der Waals surface area contributed by atoms with Crippen molar-refractivity contribution in [1.82, 2.24) is 5.32 Å². The van der Waals surface area contributed by atoms with E-state index in [4.69, 9.17) is 4.74 Å². The number of rotatable bonds is 4. The number of fused-ring (bicyclic) bond motifs is 3. The molecule has 4 heteroatoms. The molecule has 1 atom stereocenters. The second kappa shape index (κ2) is 6.00. The Morgan fingerprint density at radius 3 is 2.90 bits per heavy atom. The number of carbonyl (C=O) groups is 1. The lowest BCUT2D eigenvalue weighted by Crippen LogP contribution is -2.35. The summed E-state index contributed by atoms with van der Waals surface area (Å²) in [6.07, 6.45) is 2.07. The third-order valence-electron chi connectivity index (χ3n) is 3.75. The van der Waals surface area contributed by atoms with Gasteiger partial charge < -0.3 is 10.1 Å². The summed E-state index contributed by atoms with van der Waals surface area (Å²) in [5.41, 5.74) is 3.96. The SMILES string of the molecule is COC[C@H](C)NC(=O)c1cc2c(s1)-c1ccccc1CC2. The molecule has 2 aromatic rings. The second-order valence-corrected chi connectivity index (χ2v) is 6.50. The highest BCUT2D eigenvalue weighted by Gasteiger charge is 2.21. The van der Waals surface area contributed by atoms with Crippen molar-refractivity contribution in [3.8, 4) is 10.4 Å². The molecular formula is C17H19NO2S. The van der Waals surface area contributed by atoms with E-state index in [0.29, 0.717) is 6.61 Å². The lowest BCUT2D eigenvalue weighted by molar-refractivity contribution is 0.0909. The van der Waals surface area contributed by atoms with Crippen molar-refractivity contribution >= 4 is 17.2 Å². The fraction of sp³-hybridized carbons (Fsp3) is 0.353. The molecule has 1 aromatic heterocycles. The van der Waals surface area contributed by atoms with Crippen LogP contribution in [0.1, 0.15) is 27.7 Å². The predicted octanol–water partition coefficient (Wildman–Crippen LogP) is 3.28. The lowest BCUT2D eigenvalue weighted by Gasteiger charge is -2.15. The summed E-state index contributed by atoms with van der Waals surface area (Å²) >= 11 is 1.59. The van der Waals surface area contributed by atoms with Gasteiger partial charge >= 0.3 is 0 Å². The summed E-state index contributed by atoms with van der Waals surface area (Å²) in [6.45, 7) is 2.48. The number of aryl methyl sites for hydroxylation is 2. The van der Waals surface area contributed by atoms with Gasteiger partial charge in [0.1, 0.15) is 0 Å². The zero-order chi connectivity index (χ0) is 14.8. The Labute approximate surface area is 129 Å². The van der Waals surface area contributed by atoms with E-state index in [1.807, 2.05) is 13.0 Å². The van der Waals surface area contributed by atoms with Crippen LogP contribution >= 0.6 is 11.3 Å². The van der Waals surface area contributed by atoms with Gasteiger partial charge in [-0.05, 0) is 42.5 Å². The van der Waals surface area contributed by atoms with Crippen molar-refractivity contribution in [2.24, 2.45) is 0 Å². The summed E-state index contributed by atoms with van der Waals surface area (Å²) in [6, 6.07) is 10.5. The van der Waals surface area contributed by atoms with Crippen molar-refractivity contribution in [2.75, 3.05) is 13.7 Å². The van der Waals surface area contributed by atoms with Crippen LogP contribution < -0.4 is 5.32 Å². The Morgan fingerprint density at radius 2 is 2.10 bits per heavy atom. The first-order valence-corrected chi connectivity index (χ1v) is 8.01. The Kier molecular flexibility index (Phi) is 4.08. The Morgan fingerprint density at radius 1 is 1.33 bits per heavy atom. The number of amides is 1. The molecule has 21 heavy (non-hydrogen) atoms. The molecule has 0 bridgehead atoms. The lowest BCUT2D eigenvalue weighted by atomic mass is 9.91. The summed E-state index contributed by atoms with van der Waals surface area (Å²) in [5.74, 6) is -0.00330. The fourth-order valence-electron chi connectivity index (χ4n) is 2.77. The molecule has 0 radical (unpaired) electrons. The summed E-state index contributed by atoms with van der Waals surface area (Å²) in [4.78, 5) is 14.3. The maximum absolute atomic E-state index is 12.3. The van der Waals surface area contributed by atoms with Crippen LogP contribution in [0.4, 0.5) is 0 Å². The number of methoxy groups -OCH3 is 1. The Bertz CT molecular complexity index is 663. The highest BCUT2D eigenvalue weighted by Crippen LogP contribution is 2.39. The highest BCUT2D eigenvalue weighted by atomic mass is 32.1. The van der Waals surface area contributed by atoms with Gasteiger partial charge in [0.25, 0.3) is 5.91 Å². The molecule has 1 heterocycles. The summed E-state index contributed by atoms with van der Waals surface area (Å²) in [7, 11) is 1.64. The van der Waals surface area contributed by atoms with Crippen LogP contribution in [0.3, 0.4) is 0 Å². The fourth-order valence-corrected chi connectivity index (χ4v) is 3.94. The molecule has 0 unspecified atom stereocenters. The molecule has 0 fully saturated rings. The highest BCUT2D eigenvalue weighted by molar-refractivity contribution is 7.17. The van der Waals surface area contributed by atoms with Crippen molar-refractivity contribution in [1.29, 1.82) is 0 Å². The van der Waals surface area contributed by atoms with Gasteiger partial charge in [-0.1, -0.05) is 24.3 Å². The number of carbonyl (C=O) groups excluding carboxylic acids is 1. The molecule has 1 amide bonds. The minimum Gasteiger partial charge on any atom is -0.383 e. The van der Waals surface area contributed by atoms with Gasteiger partial charge in [0.2, 0.25) is 0 Å². The van der Waals surface area contributed by atoms with E-state index < -0.39 is 0 Å². The minimum absolute atomic E-state index is 0.00330. The molecule has 0 saturated carbocycles. The van der Waals surface area contributed by atoms with Crippen molar-refractivity contribution in [3.63, 3.8) is 0 Å². The molecule has 0 spiro atoms. The molecule has 1 aliphatic rings. The largest absolute Gasteiger partial charge is 0.383 e. The molecule has 0 aliphatic heterocycles. The number of hydrogen-bond donors (Lipinski definition) is 1. The minimum atomic E-state index is -0.00330. The van der Waals surface area contributed by atoms with E-state index in [9.17, 15) is 4.79 Å². The van der Waals surface area contributed by atoms with E-state index >= 15 is 0 Å². The molecule has 0 saturated heterocycles. The van der Waals surface area contributed by atoms with E-state index in [0.717, 1.165) is 17.7 Å². The quantitative estimate of drug-likeness (QED) is 0.941. The number of nitrogens with one attached hydrogen (secondary N) is 1. The summed E-state index contributed by atoms with van der Waals surface area (Å²) in [5, 5.41) is 2.98. The third-order valence-corrected chi connectivity index (χ3v) is 4.96. The molecule has 1 aliphatic carbocycles. The number of thiophene rings is 1. The smallest absolute Gasteiger partial charge is 0.261 e. The van der Waals surface area contributed by atoms with Crippen molar-refractivity contribution in [2.45, 2.75) is 25.8 Å². The first-order valence-electron chi connectivity index (χ1n) is 7.20. The second-order valence-electron chi connectivity index (χ2n) is 5.45. The average molecular weight is 301 g/mol. The van der Waals surface area contributed by atoms with Crippen LogP contribution in [0.5, 0.6) is 0 Å². The zero-order valence-corrected chi connectivity index (χ0v) is 13.1. The van der Waals surface area contributed by atoms with Gasteiger partial charge in [0, 0.05) is 18.0 Å². The van der Waals surface area contributed by atoms with Crippen LogP contribution in [0.2, 0.25) is 0 Å². The average Bonchev–Trinajstić information content (AvgIpc) is 2.92. The van der Waals surface area contributed by atoms with Gasteiger partial charge in [-0.3, -0.25) is 4.79 Å². The van der Waals surface area contributed by atoms with E-state index in [-0.39, 0.29) is 11.9 Å². The Balaban J connectivity index is 1.85. The third kappa shape index (κ3) is 2.87. The first-order chi connectivity index (χ1) is 10.2. The predicted molar refractivity (Wildman–Crippen MR) is 86.0 cm³/mol. The van der Waals surface area contributed by atoms with Gasteiger partial charge in [-0.2, -0.15) is 0 Å². The van der Waals surface area contributed by atoms with Gasteiger partial charge in [-0.25, -0.2) is 0 Å². The maximum Gasteiger partial charge on any atom is 0.261 e. The van der Waals surface area contributed by atoms with Crippen molar-refractivity contribution in [3.05, 3.63) is 46.3 Å². The van der Waals surface area contributed by atoms with E-state index in [1.54, 1.807) is 18.4 Å². The topological polar surface area (TPSA) is 38.3 Å². The molecule has 3 rings (SSSR count). The van der Waals surface area contributed by atoms with Gasteiger partial charge in [0.05, 0.1) is 11.5 Å². The standard InChI is InChI=1S/C17H19NO2S/c1-11(10-20-2)18-17(19)15-9-13-8-7-12-5-3-4-6-14(12)16(13)21-15/h3-6,9,11H,7-8,10H2,1-2H3,(H,18,19)/t11-/m0/s1. The normalized spacial score (nSPS) is 14.2. The zero-order valence-electron chi connectivity index (χ0n) is 12.3. The number of ether oxygens (including phenoxy) is 1. The summed E-state index contributed by atoms with van der Waals surface area (Å²) < 4.78 is 5.06. The Hall–Kier alpha value is -1.65. The van der Waals surface area contributed by atoms with Crippen molar-refractivity contribution < 1.29 is 9.53 Å². The molecule has 110 valence electrons. The molecule has 1 N–H and O–H groups in total. The van der Waals surface area contributed by atoms with E-state index in [1.165, 1.54) is 21.6 Å². The van der Waals surface area contributed by atoms with Crippen LogP contribution in [-0.2, 0) is 17.6 Å². The van der Waals surface area contributed by atoms with Gasteiger partial charge in [0.15, 0.2) is 0 Å². The van der Waals surface area contributed by atoms with Crippen LogP contribution in [0.15, 0.2) is 30.3 Å². The number of benzene rings is 1. The van der Waals surface area contributed by atoms with E-state index in [2.05, 4.69) is 29.6 Å². The molecule has 3 nitrogen and oxygen atoms in total. The van der Waals surface area contributed by atoms with Crippen LogP contribution in [0.25, 0.3) is 10.4 Å². The maximum atomic E-state index is 12.3.